The first-order valence-electron chi connectivity index (χ1n) is 6.28. The van der Waals surface area contributed by atoms with Gasteiger partial charge in [0.25, 0.3) is 0 Å². The fourth-order valence-electron chi connectivity index (χ4n) is 2.37. The van der Waals surface area contributed by atoms with Crippen LogP contribution in [0.5, 0.6) is 0 Å². The zero-order chi connectivity index (χ0) is 11.4. The normalized spacial score (nSPS) is 27.1. The van der Waals surface area contributed by atoms with Gasteiger partial charge in [-0.2, -0.15) is 0 Å². The van der Waals surface area contributed by atoms with Crippen LogP contribution in [0, 0.1) is 0 Å². The minimum absolute atomic E-state index is 0.614. The quantitative estimate of drug-likeness (QED) is 0.847. The summed E-state index contributed by atoms with van der Waals surface area (Å²) in [5.74, 6) is 0. The third kappa shape index (κ3) is 2.86. The average molecular weight is 222 g/mol. The summed E-state index contributed by atoms with van der Waals surface area (Å²) in [6.07, 6.45) is 6.13. The van der Waals surface area contributed by atoms with Crippen LogP contribution < -0.4 is 5.32 Å². The highest BCUT2D eigenvalue weighted by Gasteiger charge is 2.24. The highest BCUT2D eigenvalue weighted by Crippen LogP contribution is 2.14. The van der Waals surface area contributed by atoms with Crippen LogP contribution in [0.3, 0.4) is 0 Å². The van der Waals surface area contributed by atoms with Crippen molar-refractivity contribution in [3.05, 3.63) is 24.2 Å². The maximum absolute atomic E-state index is 5.12. The molecule has 0 saturated carbocycles. The van der Waals surface area contributed by atoms with Crippen molar-refractivity contribution in [3.63, 3.8) is 0 Å². The lowest BCUT2D eigenvalue weighted by atomic mass is 10.1. The summed E-state index contributed by atoms with van der Waals surface area (Å²) in [7, 11) is 0. The minimum Gasteiger partial charge on any atom is -0.472 e. The molecule has 1 N–H and O–H groups in total. The molecular weight excluding hydrogens is 200 g/mol. The standard InChI is InChI=1S/C13H22N2O/c1-3-4-13-9-15(11(2)7-14-13)8-12-5-6-16-10-12/h5-6,10-11,13-14H,3-4,7-9H2,1-2H3. The van der Waals surface area contributed by atoms with E-state index in [4.69, 9.17) is 4.42 Å². The fraction of sp³-hybridized carbons (Fsp3) is 0.692. The van der Waals surface area contributed by atoms with Crippen LogP contribution in [0.1, 0.15) is 32.3 Å². The van der Waals surface area contributed by atoms with Gasteiger partial charge >= 0.3 is 0 Å². The third-order valence-corrected chi connectivity index (χ3v) is 3.38. The maximum atomic E-state index is 5.12. The highest BCUT2D eigenvalue weighted by molar-refractivity contribution is 5.05. The summed E-state index contributed by atoms with van der Waals surface area (Å²) in [6.45, 7) is 7.80. The van der Waals surface area contributed by atoms with Crippen molar-refractivity contribution in [1.29, 1.82) is 0 Å². The van der Waals surface area contributed by atoms with Crippen LogP contribution in [0.4, 0.5) is 0 Å². The lowest BCUT2D eigenvalue weighted by Gasteiger charge is -2.38. The number of rotatable bonds is 4. The predicted octanol–water partition coefficient (Wildman–Crippen LogP) is 2.24. The smallest absolute Gasteiger partial charge is 0.0947 e. The van der Waals surface area contributed by atoms with E-state index >= 15 is 0 Å². The molecule has 1 aliphatic heterocycles. The van der Waals surface area contributed by atoms with Crippen LogP contribution in [0.15, 0.2) is 23.0 Å². The van der Waals surface area contributed by atoms with Crippen molar-refractivity contribution in [2.75, 3.05) is 13.1 Å². The monoisotopic (exact) mass is 222 g/mol. The summed E-state index contributed by atoms with van der Waals surface area (Å²) in [6, 6.07) is 3.33. The van der Waals surface area contributed by atoms with Gasteiger partial charge < -0.3 is 9.73 Å². The SMILES string of the molecule is CCCC1CN(Cc2ccoc2)C(C)CN1. The summed E-state index contributed by atoms with van der Waals surface area (Å²) in [5, 5.41) is 3.61. The third-order valence-electron chi connectivity index (χ3n) is 3.38. The molecule has 0 radical (unpaired) electrons. The number of furan rings is 1. The molecule has 1 aromatic rings. The number of hydrogen-bond acceptors (Lipinski definition) is 3. The van der Waals surface area contributed by atoms with Crippen LogP contribution >= 0.6 is 0 Å². The fourth-order valence-corrected chi connectivity index (χ4v) is 2.37. The Morgan fingerprint density at radius 3 is 3.12 bits per heavy atom. The van der Waals surface area contributed by atoms with Gasteiger partial charge in [-0.1, -0.05) is 13.3 Å². The van der Waals surface area contributed by atoms with Crippen molar-refractivity contribution >= 4 is 0 Å². The van der Waals surface area contributed by atoms with E-state index in [-0.39, 0.29) is 0 Å². The molecule has 0 spiro atoms. The summed E-state index contributed by atoms with van der Waals surface area (Å²) in [5.41, 5.74) is 1.28. The first kappa shape index (κ1) is 11.7. The van der Waals surface area contributed by atoms with Crippen molar-refractivity contribution in [2.24, 2.45) is 0 Å². The minimum atomic E-state index is 0.614. The number of nitrogens with zero attached hydrogens (tertiary/aromatic N) is 1. The largest absolute Gasteiger partial charge is 0.472 e. The predicted molar refractivity (Wildman–Crippen MR) is 65.3 cm³/mol. The summed E-state index contributed by atoms with van der Waals surface area (Å²) in [4.78, 5) is 2.54. The van der Waals surface area contributed by atoms with Gasteiger partial charge in [0, 0.05) is 37.3 Å². The van der Waals surface area contributed by atoms with E-state index in [2.05, 4.69) is 30.1 Å². The van der Waals surface area contributed by atoms with E-state index in [1.165, 1.54) is 18.4 Å². The Hall–Kier alpha value is -0.800. The molecule has 3 nitrogen and oxygen atoms in total. The second-order valence-corrected chi connectivity index (χ2v) is 4.80. The Balaban J connectivity index is 1.91. The molecule has 0 aliphatic carbocycles. The molecule has 16 heavy (non-hydrogen) atoms. The molecule has 2 unspecified atom stereocenters. The zero-order valence-electron chi connectivity index (χ0n) is 10.3. The van der Waals surface area contributed by atoms with Gasteiger partial charge in [-0.25, -0.2) is 0 Å². The molecule has 1 aliphatic rings. The molecule has 1 saturated heterocycles. The van der Waals surface area contributed by atoms with Crippen LogP contribution in [0.25, 0.3) is 0 Å². The Labute approximate surface area is 97.8 Å². The molecule has 1 fully saturated rings. The molecule has 1 aromatic heterocycles. The van der Waals surface area contributed by atoms with E-state index in [0.717, 1.165) is 19.6 Å². The van der Waals surface area contributed by atoms with Crippen molar-refractivity contribution < 1.29 is 4.42 Å². The van der Waals surface area contributed by atoms with Crippen LogP contribution in [-0.4, -0.2) is 30.1 Å². The van der Waals surface area contributed by atoms with E-state index in [0.29, 0.717) is 12.1 Å². The van der Waals surface area contributed by atoms with Gasteiger partial charge in [0.15, 0.2) is 0 Å². The van der Waals surface area contributed by atoms with Gasteiger partial charge in [-0.15, -0.1) is 0 Å². The number of hydrogen-bond donors (Lipinski definition) is 1. The average Bonchev–Trinajstić information content (AvgIpc) is 2.76. The molecular formula is C13H22N2O. The molecule has 2 atom stereocenters. The van der Waals surface area contributed by atoms with Gasteiger partial charge in [-0.3, -0.25) is 4.90 Å². The maximum Gasteiger partial charge on any atom is 0.0947 e. The molecule has 3 heteroatoms. The molecule has 2 rings (SSSR count). The second-order valence-electron chi connectivity index (χ2n) is 4.80. The van der Waals surface area contributed by atoms with Gasteiger partial charge in [0.1, 0.15) is 0 Å². The number of piperazine rings is 1. The summed E-state index contributed by atoms with van der Waals surface area (Å²) < 4.78 is 5.12. The first-order valence-corrected chi connectivity index (χ1v) is 6.28. The molecule has 0 bridgehead atoms. The molecule has 0 amide bonds. The molecule has 90 valence electrons. The van der Waals surface area contributed by atoms with E-state index < -0.39 is 0 Å². The zero-order valence-corrected chi connectivity index (χ0v) is 10.3. The lowest BCUT2D eigenvalue weighted by Crippen LogP contribution is -2.54. The van der Waals surface area contributed by atoms with Crippen molar-refractivity contribution in [3.8, 4) is 0 Å². The van der Waals surface area contributed by atoms with Crippen molar-refractivity contribution in [2.45, 2.75) is 45.3 Å². The Bertz CT molecular complexity index is 297. The van der Waals surface area contributed by atoms with Crippen LogP contribution in [0.2, 0.25) is 0 Å². The molecule has 2 heterocycles. The first-order chi connectivity index (χ1) is 7.79. The van der Waals surface area contributed by atoms with Crippen LogP contribution in [-0.2, 0) is 6.54 Å². The second kappa shape index (κ2) is 5.51. The Morgan fingerprint density at radius 2 is 2.44 bits per heavy atom. The van der Waals surface area contributed by atoms with E-state index in [1.807, 2.05) is 6.26 Å². The van der Waals surface area contributed by atoms with Gasteiger partial charge in [-0.05, 0) is 19.4 Å². The van der Waals surface area contributed by atoms with E-state index in [9.17, 15) is 0 Å². The van der Waals surface area contributed by atoms with Crippen molar-refractivity contribution in [1.82, 2.24) is 10.2 Å². The van der Waals surface area contributed by atoms with Gasteiger partial charge in [0.05, 0.1) is 12.5 Å². The Kier molecular flexibility index (Phi) is 4.02. The molecule has 0 aromatic carbocycles. The summed E-state index contributed by atoms with van der Waals surface area (Å²) >= 11 is 0. The Morgan fingerprint density at radius 1 is 1.56 bits per heavy atom. The topological polar surface area (TPSA) is 28.4 Å². The van der Waals surface area contributed by atoms with E-state index in [1.54, 1.807) is 6.26 Å². The van der Waals surface area contributed by atoms with Gasteiger partial charge in [0.2, 0.25) is 0 Å². The highest BCUT2D eigenvalue weighted by atomic mass is 16.3. The number of nitrogens with one attached hydrogen (secondary N) is 1. The lowest BCUT2D eigenvalue weighted by molar-refractivity contribution is 0.129.